The van der Waals surface area contributed by atoms with Crippen molar-refractivity contribution in [2.24, 2.45) is 11.8 Å². The van der Waals surface area contributed by atoms with Gasteiger partial charge in [-0.1, -0.05) is 23.8 Å². The number of aromatic nitrogens is 1. The molecule has 3 heteroatoms. The molecular formula is C16H15ClN2. The number of fused-ring (bicyclic) bond motifs is 2. The van der Waals surface area contributed by atoms with E-state index < -0.39 is 0 Å². The summed E-state index contributed by atoms with van der Waals surface area (Å²) in [4.78, 5) is 4.47. The Hall–Kier alpha value is -1.54. The summed E-state index contributed by atoms with van der Waals surface area (Å²) in [5.41, 5.74) is 2.07. The summed E-state index contributed by atoms with van der Waals surface area (Å²) in [5.74, 6) is 1.57. The first-order valence-corrected chi connectivity index (χ1v) is 7.17. The molecule has 0 radical (unpaired) electrons. The maximum absolute atomic E-state index is 6.22. The van der Waals surface area contributed by atoms with Crippen molar-refractivity contribution in [3.05, 3.63) is 47.6 Å². The summed E-state index contributed by atoms with van der Waals surface area (Å²) in [6.45, 7) is 0. The number of hydrogen-bond donors (Lipinski definition) is 1. The third-order valence-corrected chi connectivity index (χ3v) is 4.75. The summed E-state index contributed by atoms with van der Waals surface area (Å²) in [7, 11) is 0. The Kier molecular flexibility index (Phi) is 2.52. The number of anilines is 1. The van der Waals surface area contributed by atoms with Gasteiger partial charge in [0.1, 0.15) is 0 Å². The summed E-state index contributed by atoms with van der Waals surface area (Å²) in [5, 5.41) is 5.43. The molecule has 0 bridgehead atoms. The van der Waals surface area contributed by atoms with E-state index >= 15 is 0 Å². The maximum atomic E-state index is 6.22. The van der Waals surface area contributed by atoms with Crippen molar-refractivity contribution in [3.63, 3.8) is 0 Å². The second kappa shape index (κ2) is 4.24. The zero-order valence-corrected chi connectivity index (χ0v) is 11.3. The molecular weight excluding hydrogens is 256 g/mol. The van der Waals surface area contributed by atoms with E-state index in [-0.39, 0.29) is 0 Å². The highest BCUT2D eigenvalue weighted by molar-refractivity contribution is 6.35. The molecule has 4 rings (SSSR count). The minimum atomic E-state index is 0.551. The van der Waals surface area contributed by atoms with Crippen molar-refractivity contribution >= 4 is 28.2 Å². The van der Waals surface area contributed by atoms with Gasteiger partial charge in [0.25, 0.3) is 0 Å². The first-order valence-electron chi connectivity index (χ1n) is 6.79. The average molecular weight is 271 g/mol. The van der Waals surface area contributed by atoms with Crippen LogP contribution in [0.25, 0.3) is 10.9 Å². The predicted molar refractivity (Wildman–Crippen MR) is 79.5 cm³/mol. The van der Waals surface area contributed by atoms with E-state index in [0.717, 1.165) is 27.5 Å². The molecule has 1 aromatic heterocycles. The Morgan fingerprint density at radius 1 is 1.26 bits per heavy atom. The largest absolute Gasteiger partial charge is 0.380 e. The zero-order valence-electron chi connectivity index (χ0n) is 10.5. The Morgan fingerprint density at radius 2 is 2.21 bits per heavy atom. The van der Waals surface area contributed by atoms with Crippen LogP contribution in [0.15, 0.2) is 42.6 Å². The van der Waals surface area contributed by atoms with Gasteiger partial charge in [0, 0.05) is 23.5 Å². The van der Waals surface area contributed by atoms with Gasteiger partial charge in [-0.25, -0.2) is 0 Å². The number of pyridine rings is 1. The molecule has 0 spiro atoms. The predicted octanol–water partition coefficient (Wildman–Crippen LogP) is 4.26. The standard InChI is InChI=1S/C16H15ClN2/c17-13-6-7-14(16-12(13)5-2-8-18-16)19-15-9-10-3-1-4-11(10)15/h1-2,4-8,10-11,15,19H,3,9H2. The van der Waals surface area contributed by atoms with Crippen LogP contribution in [-0.4, -0.2) is 11.0 Å². The molecule has 96 valence electrons. The Balaban J connectivity index is 1.68. The van der Waals surface area contributed by atoms with Gasteiger partial charge in [-0.2, -0.15) is 0 Å². The molecule has 1 fully saturated rings. The first-order chi connectivity index (χ1) is 9.33. The quantitative estimate of drug-likeness (QED) is 0.825. The second-order valence-corrected chi connectivity index (χ2v) is 5.89. The average Bonchev–Trinajstić information content (AvgIpc) is 2.80. The van der Waals surface area contributed by atoms with Crippen LogP contribution in [0.5, 0.6) is 0 Å². The monoisotopic (exact) mass is 270 g/mol. The molecule has 19 heavy (non-hydrogen) atoms. The van der Waals surface area contributed by atoms with Gasteiger partial charge in [-0.05, 0) is 43.0 Å². The van der Waals surface area contributed by atoms with E-state index in [1.807, 2.05) is 30.5 Å². The molecule has 1 heterocycles. The smallest absolute Gasteiger partial charge is 0.0948 e. The van der Waals surface area contributed by atoms with E-state index in [9.17, 15) is 0 Å². The molecule has 0 amide bonds. The first kappa shape index (κ1) is 11.3. The molecule has 1 aromatic carbocycles. The van der Waals surface area contributed by atoms with Crippen LogP contribution in [0.4, 0.5) is 5.69 Å². The molecule has 0 saturated heterocycles. The molecule has 0 aliphatic heterocycles. The summed E-state index contributed by atoms with van der Waals surface area (Å²) >= 11 is 6.22. The highest BCUT2D eigenvalue weighted by atomic mass is 35.5. The minimum Gasteiger partial charge on any atom is -0.380 e. The van der Waals surface area contributed by atoms with E-state index in [0.29, 0.717) is 12.0 Å². The van der Waals surface area contributed by atoms with E-state index in [1.54, 1.807) is 0 Å². The van der Waals surface area contributed by atoms with Gasteiger partial charge in [0.2, 0.25) is 0 Å². The van der Waals surface area contributed by atoms with Crippen LogP contribution >= 0.6 is 11.6 Å². The second-order valence-electron chi connectivity index (χ2n) is 5.48. The molecule has 1 saturated carbocycles. The molecule has 3 atom stereocenters. The van der Waals surface area contributed by atoms with Crippen molar-refractivity contribution in [1.29, 1.82) is 0 Å². The van der Waals surface area contributed by atoms with Crippen LogP contribution in [0.2, 0.25) is 5.02 Å². The summed E-state index contributed by atoms with van der Waals surface area (Å²) < 4.78 is 0. The lowest BCUT2D eigenvalue weighted by Crippen LogP contribution is -2.43. The van der Waals surface area contributed by atoms with Crippen molar-refractivity contribution in [3.8, 4) is 0 Å². The number of nitrogens with one attached hydrogen (secondary N) is 1. The Morgan fingerprint density at radius 3 is 3.11 bits per heavy atom. The Labute approximate surface area is 117 Å². The van der Waals surface area contributed by atoms with Crippen molar-refractivity contribution in [1.82, 2.24) is 4.98 Å². The number of rotatable bonds is 2. The number of hydrogen-bond acceptors (Lipinski definition) is 2. The van der Waals surface area contributed by atoms with Gasteiger partial charge in [-0.15, -0.1) is 0 Å². The van der Waals surface area contributed by atoms with Crippen LogP contribution in [-0.2, 0) is 0 Å². The molecule has 1 N–H and O–H groups in total. The minimum absolute atomic E-state index is 0.551. The molecule has 3 unspecified atom stereocenters. The molecule has 2 nitrogen and oxygen atoms in total. The number of nitrogens with zero attached hydrogens (tertiary/aromatic N) is 1. The molecule has 2 aliphatic rings. The highest BCUT2D eigenvalue weighted by Crippen LogP contribution is 2.44. The normalized spacial score (nSPS) is 28.2. The van der Waals surface area contributed by atoms with Crippen LogP contribution in [0.1, 0.15) is 12.8 Å². The fraction of sp³-hybridized carbons (Fsp3) is 0.312. The van der Waals surface area contributed by atoms with Gasteiger partial charge in [0.15, 0.2) is 0 Å². The van der Waals surface area contributed by atoms with E-state index in [1.165, 1.54) is 12.8 Å². The van der Waals surface area contributed by atoms with E-state index in [2.05, 4.69) is 22.5 Å². The Bertz CT molecular complexity index is 665. The highest BCUT2D eigenvalue weighted by Gasteiger charge is 2.41. The van der Waals surface area contributed by atoms with Crippen LogP contribution in [0.3, 0.4) is 0 Å². The summed E-state index contributed by atoms with van der Waals surface area (Å²) in [6, 6.07) is 8.50. The van der Waals surface area contributed by atoms with Gasteiger partial charge in [0.05, 0.1) is 16.2 Å². The third kappa shape index (κ3) is 1.74. The lowest BCUT2D eigenvalue weighted by atomic mass is 9.71. The van der Waals surface area contributed by atoms with Gasteiger partial charge >= 0.3 is 0 Å². The van der Waals surface area contributed by atoms with Crippen molar-refractivity contribution in [2.75, 3.05) is 5.32 Å². The number of benzene rings is 1. The van der Waals surface area contributed by atoms with Gasteiger partial charge in [-0.3, -0.25) is 4.98 Å². The molecule has 2 aromatic rings. The summed E-state index contributed by atoms with van der Waals surface area (Å²) in [6.07, 6.45) is 9.01. The fourth-order valence-corrected chi connectivity index (χ4v) is 3.55. The van der Waals surface area contributed by atoms with Crippen molar-refractivity contribution in [2.45, 2.75) is 18.9 Å². The molecule has 2 aliphatic carbocycles. The zero-order chi connectivity index (χ0) is 12.8. The third-order valence-electron chi connectivity index (χ3n) is 4.42. The fourth-order valence-electron chi connectivity index (χ4n) is 3.34. The van der Waals surface area contributed by atoms with Crippen LogP contribution < -0.4 is 5.32 Å². The van der Waals surface area contributed by atoms with E-state index in [4.69, 9.17) is 11.6 Å². The SMILES string of the molecule is Clc1ccc(NC2CC3CC=CC32)c2ncccc12. The van der Waals surface area contributed by atoms with Gasteiger partial charge < -0.3 is 5.32 Å². The van der Waals surface area contributed by atoms with Crippen molar-refractivity contribution < 1.29 is 0 Å². The lowest BCUT2D eigenvalue weighted by Gasteiger charge is -2.41. The lowest BCUT2D eigenvalue weighted by molar-refractivity contribution is 0.218. The number of allylic oxidation sites excluding steroid dienone is 1. The van der Waals surface area contributed by atoms with Crippen LogP contribution in [0, 0.1) is 11.8 Å². The topological polar surface area (TPSA) is 24.9 Å². The maximum Gasteiger partial charge on any atom is 0.0948 e. The number of halogens is 1.